The minimum Gasteiger partial charge on any atom is -0.157 e. The molecule has 0 saturated carbocycles. The Labute approximate surface area is 57.5 Å². The second-order valence-corrected chi connectivity index (χ2v) is 3.00. The second kappa shape index (κ2) is 6.57. The molecular formula is C5H9BrS. The SMILES string of the molecule is C=CCSCCBr. The van der Waals surface area contributed by atoms with Crippen LogP contribution in [0.5, 0.6) is 0 Å². The van der Waals surface area contributed by atoms with Gasteiger partial charge < -0.3 is 0 Å². The molecule has 0 heterocycles. The summed E-state index contributed by atoms with van der Waals surface area (Å²) in [5.74, 6) is 2.26. The summed E-state index contributed by atoms with van der Waals surface area (Å²) < 4.78 is 0. The molecule has 7 heavy (non-hydrogen) atoms. The molecule has 0 aromatic rings. The van der Waals surface area contributed by atoms with E-state index in [9.17, 15) is 0 Å². The van der Waals surface area contributed by atoms with Crippen LogP contribution in [-0.4, -0.2) is 16.8 Å². The molecule has 0 aliphatic rings. The molecule has 0 N–H and O–H groups in total. The van der Waals surface area contributed by atoms with E-state index in [2.05, 4.69) is 22.5 Å². The Balaban J connectivity index is 2.56. The molecule has 0 amide bonds. The molecule has 0 unspecified atom stereocenters. The van der Waals surface area contributed by atoms with Gasteiger partial charge in [0.25, 0.3) is 0 Å². The van der Waals surface area contributed by atoms with Gasteiger partial charge in [0.2, 0.25) is 0 Å². The Morgan fingerprint density at radius 2 is 2.43 bits per heavy atom. The summed E-state index contributed by atoms with van der Waals surface area (Å²) in [4.78, 5) is 0. The minimum atomic E-state index is 1.08. The standard InChI is InChI=1S/C5H9BrS/c1-2-4-7-5-3-6/h2H,1,3-5H2. The van der Waals surface area contributed by atoms with Crippen LogP contribution >= 0.6 is 27.7 Å². The van der Waals surface area contributed by atoms with Crippen molar-refractivity contribution < 1.29 is 0 Å². The second-order valence-electron chi connectivity index (χ2n) is 1.05. The van der Waals surface area contributed by atoms with Gasteiger partial charge in [-0.3, -0.25) is 0 Å². The van der Waals surface area contributed by atoms with Crippen molar-refractivity contribution in [2.75, 3.05) is 16.8 Å². The highest BCUT2D eigenvalue weighted by Gasteiger charge is 1.78. The van der Waals surface area contributed by atoms with Gasteiger partial charge in [-0.1, -0.05) is 22.0 Å². The number of alkyl halides is 1. The first-order valence-corrected chi connectivity index (χ1v) is 4.44. The van der Waals surface area contributed by atoms with Crippen LogP contribution in [-0.2, 0) is 0 Å². The van der Waals surface area contributed by atoms with Gasteiger partial charge in [-0.25, -0.2) is 0 Å². The van der Waals surface area contributed by atoms with E-state index in [1.807, 2.05) is 17.8 Å². The summed E-state index contributed by atoms with van der Waals surface area (Å²) in [6.07, 6.45) is 1.92. The molecule has 0 radical (unpaired) electrons. The maximum atomic E-state index is 3.60. The van der Waals surface area contributed by atoms with E-state index in [1.165, 1.54) is 5.75 Å². The first kappa shape index (κ1) is 7.57. The van der Waals surface area contributed by atoms with Gasteiger partial charge in [0.05, 0.1) is 0 Å². The van der Waals surface area contributed by atoms with Gasteiger partial charge in [-0.15, -0.1) is 6.58 Å². The Morgan fingerprint density at radius 1 is 1.71 bits per heavy atom. The van der Waals surface area contributed by atoms with E-state index in [4.69, 9.17) is 0 Å². The third-order valence-electron chi connectivity index (χ3n) is 0.457. The molecule has 0 atom stereocenters. The fourth-order valence-electron chi connectivity index (χ4n) is 0.221. The highest BCUT2D eigenvalue weighted by molar-refractivity contribution is 9.09. The van der Waals surface area contributed by atoms with E-state index >= 15 is 0 Å². The lowest BCUT2D eigenvalue weighted by atomic mass is 10.8. The quantitative estimate of drug-likeness (QED) is 0.364. The zero-order chi connectivity index (χ0) is 5.54. The molecule has 0 aromatic heterocycles. The predicted octanol–water partition coefficient (Wildman–Crippen LogP) is 2.30. The van der Waals surface area contributed by atoms with Gasteiger partial charge in [0, 0.05) is 16.8 Å². The Hall–Kier alpha value is 0.570. The van der Waals surface area contributed by atoms with Crippen LogP contribution in [0.4, 0.5) is 0 Å². The summed E-state index contributed by atoms with van der Waals surface area (Å²) in [7, 11) is 0. The Kier molecular flexibility index (Phi) is 7.10. The molecule has 0 spiro atoms. The van der Waals surface area contributed by atoms with Crippen LogP contribution in [0.15, 0.2) is 12.7 Å². The zero-order valence-electron chi connectivity index (χ0n) is 4.19. The van der Waals surface area contributed by atoms with Crippen molar-refractivity contribution in [3.05, 3.63) is 12.7 Å². The number of hydrogen-bond acceptors (Lipinski definition) is 1. The van der Waals surface area contributed by atoms with Crippen molar-refractivity contribution >= 4 is 27.7 Å². The van der Waals surface area contributed by atoms with Crippen molar-refractivity contribution in [1.82, 2.24) is 0 Å². The van der Waals surface area contributed by atoms with Crippen LogP contribution in [0, 0.1) is 0 Å². The fourth-order valence-corrected chi connectivity index (χ4v) is 1.35. The molecule has 0 aliphatic carbocycles. The first-order chi connectivity index (χ1) is 3.41. The largest absolute Gasteiger partial charge is 0.157 e. The van der Waals surface area contributed by atoms with Gasteiger partial charge in [0.1, 0.15) is 0 Å². The smallest absolute Gasteiger partial charge is 0.0122 e. The number of rotatable bonds is 4. The summed E-state index contributed by atoms with van der Waals surface area (Å²) in [6, 6.07) is 0. The third-order valence-corrected chi connectivity index (χ3v) is 2.34. The summed E-state index contributed by atoms with van der Waals surface area (Å²) >= 11 is 5.21. The molecule has 0 aliphatic heterocycles. The van der Waals surface area contributed by atoms with Crippen LogP contribution < -0.4 is 0 Å². The van der Waals surface area contributed by atoms with E-state index in [0.29, 0.717) is 0 Å². The Bertz CT molecular complexity index is 45.3. The molecular weight excluding hydrogens is 172 g/mol. The Morgan fingerprint density at radius 3 is 2.86 bits per heavy atom. The summed E-state index contributed by atoms with van der Waals surface area (Å²) in [5.41, 5.74) is 0. The molecule has 42 valence electrons. The zero-order valence-corrected chi connectivity index (χ0v) is 6.59. The molecule has 0 aromatic carbocycles. The maximum Gasteiger partial charge on any atom is 0.0122 e. The van der Waals surface area contributed by atoms with E-state index in [1.54, 1.807) is 0 Å². The van der Waals surface area contributed by atoms with Crippen molar-refractivity contribution in [3.8, 4) is 0 Å². The number of halogens is 1. The summed E-state index contributed by atoms with van der Waals surface area (Å²) in [6.45, 7) is 3.60. The van der Waals surface area contributed by atoms with Crippen LogP contribution in [0.25, 0.3) is 0 Å². The number of hydrogen-bond donors (Lipinski definition) is 0. The van der Waals surface area contributed by atoms with Crippen molar-refractivity contribution in [2.24, 2.45) is 0 Å². The lowest BCUT2D eigenvalue weighted by molar-refractivity contribution is 1.57. The van der Waals surface area contributed by atoms with Gasteiger partial charge in [-0.2, -0.15) is 11.8 Å². The van der Waals surface area contributed by atoms with Gasteiger partial charge in [0.15, 0.2) is 0 Å². The van der Waals surface area contributed by atoms with Crippen LogP contribution in [0.2, 0.25) is 0 Å². The van der Waals surface area contributed by atoms with E-state index < -0.39 is 0 Å². The van der Waals surface area contributed by atoms with E-state index in [0.717, 1.165) is 11.1 Å². The highest BCUT2D eigenvalue weighted by Crippen LogP contribution is 1.99. The van der Waals surface area contributed by atoms with E-state index in [-0.39, 0.29) is 0 Å². The normalized spacial score (nSPS) is 8.71. The average Bonchev–Trinajstić information content (AvgIpc) is 1.69. The van der Waals surface area contributed by atoms with Crippen molar-refractivity contribution in [1.29, 1.82) is 0 Å². The van der Waals surface area contributed by atoms with Crippen LogP contribution in [0.3, 0.4) is 0 Å². The lowest BCUT2D eigenvalue weighted by Crippen LogP contribution is -1.77. The summed E-state index contributed by atoms with van der Waals surface area (Å²) in [5, 5.41) is 1.09. The highest BCUT2D eigenvalue weighted by atomic mass is 79.9. The fraction of sp³-hybridized carbons (Fsp3) is 0.600. The van der Waals surface area contributed by atoms with Crippen LogP contribution in [0.1, 0.15) is 0 Å². The third kappa shape index (κ3) is 6.57. The van der Waals surface area contributed by atoms with Gasteiger partial charge in [-0.05, 0) is 0 Å². The molecule has 0 fully saturated rings. The molecule has 0 bridgehead atoms. The van der Waals surface area contributed by atoms with Gasteiger partial charge >= 0.3 is 0 Å². The average molecular weight is 181 g/mol. The lowest BCUT2D eigenvalue weighted by Gasteiger charge is -1.87. The number of thioether (sulfide) groups is 1. The van der Waals surface area contributed by atoms with Crippen molar-refractivity contribution in [3.63, 3.8) is 0 Å². The minimum absolute atomic E-state index is 1.08. The molecule has 2 heteroatoms. The molecule has 0 nitrogen and oxygen atoms in total. The first-order valence-electron chi connectivity index (χ1n) is 2.16. The monoisotopic (exact) mass is 180 g/mol. The topological polar surface area (TPSA) is 0 Å². The predicted molar refractivity (Wildman–Crippen MR) is 41.3 cm³/mol. The van der Waals surface area contributed by atoms with Crippen molar-refractivity contribution in [2.45, 2.75) is 0 Å². The maximum absolute atomic E-state index is 3.60. The molecule has 0 saturated heterocycles. The molecule has 0 rings (SSSR count).